The number of H-pyrrole nitrogens is 1. The monoisotopic (exact) mass is 440 g/mol. The number of hydrogen-bond donors (Lipinski definition) is 2. The number of ether oxygens (including phenoxy) is 1. The summed E-state index contributed by atoms with van der Waals surface area (Å²) in [5, 5.41) is 0. The number of nitrogen functional groups attached to an aromatic ring is 1. The number of nitrogens with two attached hydrogens (primary N) is 1. The molecule has 0 spiro atoms. The topological polar surface area (TPSA) is 112 Å². The number of anilines is 1. The highest BCUT2D eigenvalue weighted by Gasteiger charge is 2.16. The lowest BCUT2D eigenvalue weighted by Crippen LogP contribution is -2.19. The van der Waals surface area contributed by atoms with E-state index >= 15 is 0 Å². The largest absolute Gasteiger partial charge is 0.495 e. The van der Waals surface area contributed by atoms with Gasteiger partial charge >= 0.3 is 5.69 Å². The van der Waals surface area contributed by atoms with Crippen LogP contribution < -0.4 is 16.2 Å². The Kier molecular flexibility index (Phi) is 4.43. The van der Waals surface area contributed by atoms with Crippen molar-refractivity contribution in [3.8, 4) is 5.75 Å². The van der Waals surface area contributed by atoms with E-state index in [-0.39, 0.29) is 11.6 Å². The molecular weight excluding hydrogens is 423 g/mol. The van der Waals surface area contributed by atoms with Crippen LogP contribution in [0.5, 0.6) is 5.75 Å². The average molecular weight is 440 g/mol. The Morgan fingerprint density at radius 1 is 1.38 bits per heavy atom. The van der Waals surface area contributed by atoms with E-state index in [4.69, 9.17) is 10.5 Å². The summed E-state index contributed by atoms with van der Waals surface area (Å²) in [5.41, 5.74) is 9.99. The number of fused-ring (bicyclic) bond motifs is 1. The van der Waals surface area contributed by atoms with Crippen LogP contribution in [0.3, 0.4) is 0 Å². The fraction of sp³-hybridized carbons (Fsp3) is 0.333. The van der Waals surface area contributed by atoms with Gasteiger partial charge in [0.25, 0.3) is 0 Å². The van der Waals surface area contributed by atoms with Gasteiger partial charge in [-0.2, -0.15) is 4.98 Å². The molecule has 3 aromatic rings. The number of aromatic amines is 1. The number of nitrogens with zero attached hydrogens (tertiary/aromatic N) is 4. The summed E-state index contributed by atoms with van der Waals surface area (Å²) in [6.45, 7) is 4.15. The Morgan fingerprint density at radius 2 is 2.12 bits per heavy atom. The van der Waals surface area contributed by atoms with E-state index in [2.05, 4.69) is 42.5 Å². The number of aromatic nitrogens is 5. The van der Waals surface area contributed by atoms with Crippen LogP contribution in [-0.2, 0) is 11.0 Å². The second kappa shape index (κ2) is 6.38. The number of methoxy groups -OCH3 is 1. The zero-order valence-electron chi connectivity index (χ0n) is 13.6. The Bertz CT molecular complexity index is 978. The average Bonchev–Trinajstić information content (AvgIpc) is 2.85. The third-order valence-electron chi connectivity index (χ3n) is 3.94. The molecule has 0 radical (unpaired) electrons. The van der Waals surface area contributed by atoms with Crippen molar-refractivity contribution in [2.75, 3.05) is 12.8 Å². The summed E-state index contributed by atoms with van der Waals surface area (Å²) in [7, 11) is 1.61. The molecule has 3 N–H and O–H groups in total. The molecular formula is C15H17IN6O2. The van der Waals surface area contributed by atoms with Gasteiger partial charge in [-0.3, -0.25) is 9.55 Å². The lowest BCUT2D eigenvalue weighted by Gasteiger charge is -2.12. The number of aryl methyl sites for hydroxylation is 1. The van der Waals surface area contributed by atoms with E-state index in [1.54, 1.807) is 17.9 Å². The summed E-state index contributed by atoms with van der Waals surface area (Å²) >= 11 is 2.18. The molecule has 0 saturated carbocycles. The van der Waals surface area contributed by atoms with Crippen molar-refractivity contribution in [1.82, 2.24) is 24.5 Å². The molecule has 0 bridgehead atoms. The fourth-order valence-corrected chi connectivity index (χ4v) is 3.28. The van der Waals surface area contributed by atoms with Crippen LogP contribution in [0.25, 0.3) is 11.2 Å². The molecule has 0 aliphatic carbocycles. The minimum atomic E-state index is -0.255. The number of pyridine rings is 1. The highest BCUT2D eigenvalue weighted by atomic mass is 127. The summed E-state index contributed by atoms with van der Waals surface area (Å²) in [6.07, 6.45) is 1.75. The number of hydrogen-bond acceptors (Lipinski definition) is 6. The van der Waals surface area contributed by atoms with Crippen LogP contribution in [0.4, 0.5) is 5.95 Å². The van der Waals surface area contributed by atoms with Crippen LogP contribution in [0, 0.1) is 13.8 Å². The van der Waals surface area contributed by atoms with E-state index < -0.39 is 0 Å². The van der Waals surface area contributed by atoms with Gasteiger partial charge in [0.1, 0.15) is 11.3 Å². The summed E-state index contributed by atoms with van der Waals surface area (Å²) in [6, 6.07) is 0. The number of imidazole rings is 1. The maximum atomic E-state index is 12.4. The Morgan fingerprint density at radius 3 is 2.79 bits per heavy atom. The molecule has 0 aliphatic heterocycles. The minimum absolute atomic E-state index is 0.151. The van der Waals surface area contributed by atoms with Crippen molar-refractivity contribution in [1.29, 1.82) is 0 Å². The van der Waals surface area contributed by atoms with Crippen LogP contribution in [0.2, 0.25) is 0 Å². The summed E-state index contributed by atoms with van der Waals surface area (Å²) < 4.78 is 7.57. The Labute approximate surface area is 151 Å². The fourth-order valence-electron chi connectivity index (χ4n) is 2.73. The zero-order valence-corrected chi connectivity index (χ0v) is 15.7. The molecule has 3 rings (SSSR count). The van der Waals surface area contributed by atoms with Crippen molar-refractivity contribution in [2.45, 2.75) is 24.8 Å². The highest BCUT2D eigenvalue weighted by Crippen LogP contribution is 2.25. The second-order valence-corrected chi connectivity index (χ2v) is 6.17. The molecule has 126 valence electrons. The van der Waals surface area contributed by atoms with Gasteiger partial charge in [-0.1, -0.05) is 22.6 Å². The van der Waals surface area contributed by atoms with Gasteiger partial charge in [0.15, 0.2) is 5.65 Å². The third-order valence-corrected chi connectivity index (χ3v) is 4.66. The van der Waals surface area contributed by atoms with Crippen LogP contribution >= 0.6 is 22.6 Å². The predicted molar refractivity (Wildman–Crippen MR) is 99.7 cm³/mol. The molecule has 9 heteroatoms. The van der Waals surface area contributed by atoms with Gasteiger partial charge in [-0.15, -0.1) is 0 Å². The van der Waals surface area contributed by atoms with E-state index in [9.17, 15) is 4.79 Å². The minimum Gasteiger partial charge on any atom is -0.495 e. The number of rotatable bonds is 4. The van der Waals surface area contributed by atoms with Gasteiger partial charge < -0.3 is 15.5 Å². The lowest BCUT2D eigenvalue weighted by molar-refractivity contribution is 0.405. The molecule has 8 nitrogen and oxygen atoms in total. The predicted octanol–water partition coefficient (Wildman–Crippen LogP) is 1.71. The van der Waals surface area contributed by atoms with E-state index in [0.29, 0.717) is 27.8 Å². The summed E-state index contributed by atoms with van der Waals surface area (Å²) in [4.78, 5) is 28.0. The summed E-state index contributed by atoms with van der Waals surface area (Å²) in [5.74, 6) is 0.876. The molecule has 24 heavy (non-hydrogen) atoms. The second-order valence-electron chi connectivity index (χ2n) is 5.40. The maximum Gasteiger partial charge on any atom is 0.328 e. The SMILES string of the molecule is COc1c(C)ncc(Cn2c(=O)[nH]c3c(CI)nc(N)nc32)c1C. The maximum absolute atomic E-state index is 12.4. The zero-order chi connectivity index (χ0) is 17.4. The van der Waals surface area contributed by atoms with Crippen LogP contribution in [0.15, 0.2) is 11.0 Å². The first-order chi connectivity index (χ1) is 11.5. The van der Waals surface area contributed by atoms with Crippen molar-refractivity contribution >= 4 is 39.7 Å². The first-order valence-electron chi connectivity index (χ1n) is 7.26. The van der Waals surface area contributed by atoms with Crippen LogP contribution in [0.1, 0.15) is 22.5 Å². The van der Waals surface area contributed by atoms with Gasteiger partial charge in [0, 0.05) is 10.6 Å². The first-order valence-corrected chi connectivity index (χ1v) is 8.78. The van der Waals surface area contributed by atoms with Crippen LogP contribution in [-0.4, -0.2) is 31.6 Å². The van der Waals surface area contributed by atoms with Crippen molar-refractivity contribution in [3.05, 3.63) is 39.2 Å². The van der Waals surface area contributed by atoms with Crippen molar-refractivity contribution in [3.63, 3.8) is 0 Å². The number of alkyl halides is 1. The molecule has 0 saturated heterocycles. The first kappa shape index (κ1) is 16.7. The molecule has 0 unspecified atom stereocenters. The van der Waals surface area contributed by atoms with E-state index in [1.807, 2.05) is 13.8 Å². The van der Waals surface area contributed by atoms with E-state index in [1.165, 1.54) is 0 Å². The molecule has 0 amide bonds. The molecule has 3 aromatic heterocycles. The van der Waals surface area contributed by atoms with Gasteiger partial charge in [-0.05, 0) is 25.0 Å². The number of nitrogens with one attached hydrogen (secondary N) is 1. The smallest absolute Gasteiger partial charge is 0.328 e. The molecule has 0 aliphatic rings. The van der Waals surface area contributed by atoms with E-state index in [0.717, 1.165) is 22.6 Å². The Hall–Kier alpha value is -2.17. The molecule has 0 fully saturated rings. The standard InChI is InChI=1S/C15H17IN6O2/c1-7-9(5-18-8(2)12(7)24-3)6-22-13-11(20-15(22)23)10(4-16)19-14(17)21-13/h5H,4,6H2,1-3H3,(H,20,23)(H2,17,19,21). The lowest BCUT2D eigenvalue weighted by atomic mass is 10.1. The molecule has 0 aromatic carbocycles. The highest BCUT2D eigenvalue weighted by molar-refractivity contribution is 14.1. The Balaban J connectivity index is 2.17. The van der Waals surface area contributed by atoms with Gasteiger partial charge in [0.05, 0.1) is 25.0 Å². The molecule has 3 heterocycles. The van der Waals surface area contributed by atoms with Gasteiger partial charge in [0.2, 0.25) is 5.95 Å². The van der Waals surface area contributed by atoms with Crippen molar-refractivity contribution < 1.29 is 4.74 Å². The normalized spacial score (nSPS) is 11.2. The van der Waals surface area contributed by atoms with Gasteiger partial charge in [-0.25, -0.2) is 9.78 Å². The third kappa shape index (κ3) is 2.72. The quantitative estimate of drug-likeness (QED) is 0.472. The van der Waals surface area contributed by atoms with Crippen molar-refractivity contribution in [2.24, 2.45) is 0 Å². The molecule has 0 atom stereocenters. The number of halogens is 1.